The van der Waals surface area contributed by atoms with Gasteiger partial charge in [-0.25, -0.2) is 4.39 Å². The summed E-state index contributed by atoms with van der Waals surface area (Å²) in [6.45, 7) is 5.64. The van der Waals surface area contributed by atoms with Crippen LogP contribution in [0.25, 0.3) is 0 Å². The molecule has 6 heteroatoms. The molecular formula is C12H16BrFN2O2. The van der Waals surface area contributed by atoms with Crippen molar-refractivity contribution in [2.45, 2.75) is 27.2 Å². The average Bonchev–Trinajstić information content (AvgIpc) is 2.40. The van der Waals surface area contributed by atoms with Crippen molar-refractivity contribution in [3.63, 3.8) is 0 Å². The lowest BCUT2D eigenvalue weighted by Gasteiger charge is -2.07. The molecule has 0 aliphatic heterocycles. The number of hydrazine groups is 1. The summed E-state index contributed by atoms with van der Waals surface area (Å²) in [5.74, 6) is -1.68. The van der Waals surface area contributed by atoms with E-state index in [9.17, 15) is 14.0 Å². The number of nitrogens with one attached hydrogen (secondary N) is 2. The molecule has 0 fully saturated rings. The largest absolute Gasteiger partial charge is 0.273 e. The molecule has 1 rings (SSSR count). The molecule has 0 aromatic heterocycles. The summed E-state index contributed by atoms with van der Waals surface area (Å²) in [6.07, 6.45) is 0.237. The maximum atomic E-state index is 13.2. The van der Waals surface area contributed by atoms with E-state index in [1.54, 1.807) is 6.92 Å². The van der Waals surface area contributed by atoms with Gasteiger partial charge in [0, 0.05) is 10.9 Å². The number of carbonyl (C=O) groups is 2. The number of amides is 2. The van der Waals surface area contributed by atoms with E-state index >= 15 is 0 Å². The van der Waals surface area contributed by atoms with Crippen LogP contribution in [-0.2, 0) is 4.79 Å². The maximum absolute atomic E-state index is 13.2. The highest BCUT2D eigenvalue weighted by molar-refractivity contribution is 9.10. The highest BCUT2D eigenvalue weighted by Crippen LogP contribution is 2.15. The van der Waals surface area contributed by atoms with Gasteiger partial charge >= 0.3 is 0 Å². The molecule has 2 amide bonds. The van der Waals surface area contributed by atoms with Gasteiger partial charge in [0.05, 0.1) is 5.56 Å². The Labute approximate surface area is 114 Å². The molecule has 0 aliphatic rings. The molecule has 1 aromatic rings. The van der Waals surface area contributed by atoms with Gasteiger partial charge in [-0.15, -0.1) is 0 Å². The lowest BCUT2D eigenvalue weighted by Crippen LogP contribution is -2.41. The van der Waals surface area contributed by atoms with E-state index in [0.717, 1.165) is 0 Å². The highest BCUT2D eigenvalue weighted by Gasteiger charge is 2.12. The molecule has 0 unspecified atom stereocenters. The first-order chi connectivity index (χ1) is 8.54. The predicted octanol–water partition coefficient (Wildman–Crippen LogP) is 2.79. The number of carbonyl (C=O) groups excluding carboxylic acids is 2. The van der Waals surface area contributed by atoms with Crippen molar-refractivity contribution in [1.29, 1.82) is 0 Å². The topological polar surface area (TPSA) is 58.2 Å². The van der Waals surface area contributed by atoms with E-state index in [1.807, 2.05) is 13.8 Å². The molecule has 0 saturated heterocycles. The summed E-state index contributed by atoms with van der Waals surface area (Å²) in [6, 6.07) is 3.99. The first kappa shape index (κ1) is 16.6. The molecule has 0 aliphatic carbocycles. The van der Waals surface area contributed by atoms with Gasteiger partial charge in [0.1, 0.15) is 5.82 Å². The second kappa shape index (κ2) is 8.63. The summed E-state index contributed by atoms with van der Waals surface area (Å²) in [5.41, 5.74) is 4.14. The molecule has 0 heterocycles. The summed E-state index contributed by atoms with van der Waals surface area (Å²) in [5, 5.41) is 0. The SMILES string of the molecule is CC.CCC(=O)NNC(=O)c1cc(Br)ccc1F. The second-order valence-corrected chi connectivity index (χ2v) is 3.90. The van der Waals surface area contributed by atoms with E-state index in [4.69, 9.17) is 0 Å². The first-order valence-corrected chi connectivity index (χ1v) is 6.38. The number of benzene rings is 1. The fraction of sp³-hybridized carbons (Fsp3) is 0.333. The zero-order chi connectivity index (χ0) is 14.1. The van der Waals surface area contributed by atoms with Crippen LogP contribution in [0, 0.1) is 5.82 Å². The van der Waals surface area contributed by atoms with E-state index in [-0.39, 0.29) is 17.9 Å². The van der Waals surface area contributed by atoms with Crippen molar-refractivity contribution in [2.24, 2.45) is 0 Å². The Kier molecular flexibility index (Phi) is 7.94. The monoisotopic (exact) mass is 318 g/mol. The maximum Gasteiger partial charge on any atom is 0.272 e. The Morgan fingerprint density at radius 3 is 2.44 bits per heavy atom. The van der Waals surface area contributed by atoms with Crippen molar-refractivity contribution >= 4 is 27.7 Å². The standard InChI is InChI=1S/C10H10BrFN2O2.C2H6/c1-2-9(15)13-14-10(16)7-5-6(11)3-4-8(7)12;1-2/h3-5H,2H2,1H3,(H,13,15)(H,14,16);1-2H3. The smallest absolute Gasteiger partial charge is 0.272 e. The van der Waals surface area contributed by atoms with Crippen LogP contribution in [0.2, 0.25) is 0 Å². The molecule has 0 spiro atoms. The van der Waals surface area contributed by atoms with Crippen LogP contribution < -0.4 is 10.9 Å². The van der Waals surface area contributed by atoms with Crippen molar-refractivity contribution in [2.75, 3.05) is 0 Å². The van der Waals surface area contributed by atoms with Crippen molar-refractivity contribution < 1.29 is 14.0 Å². The molecule has 2 N–H and O–H groups in total. The number of halogens is 2. The lowest BCUT2D eigenvalue weighted by atomic mass is 10.2. The van der Waals surface area contributed by atoms with Gasteiger partial charge in [-0.2, -0.15) is 0 Å². The third-order valence-electron chi connectivity index (χ3n) is 1.81. The Hall–Kier alpha value is -1.43. The van der Waals surface area contributed by atoms with Crippen LogP contribution in [0.15, 0.2) is 22.7 Å². The molecule has 1 aromatic carbocycles. The molecule has 18 heavy (non-hydrogen) atoms. The summed E-state index contributed by atoms with van der Waals surface area (Å²) >= 11 is 3.12. The van der Waals surface area contributed by atoms with Crippen LogP contribution in [0.3, 0.4) is 0 Å². The Morgan fingerprint density at radius 2 is 1.89 bits per heavy atom. The molecular weight excluding hydrogens is 303 g/mol. The van der Waals surface area contributed by atoms with E-state index < -0.39 is 11.7 Å². The van der Waals surface area contributed by atoms with Gasteiger partial charge < -0.3 is 0 Å². The Morgan fingerprint density at radius 1 is 1.28 bits per heavy atom. The number of rotatable bonds is 2. The molecule has 0 radical (unpaired) electrons. The Bertz CT molecular complexity index is 425. The number of hydrogen-bond donors (Lipinski definition) is 2. The highest BCUT2D eigenvalue weighted by atomic mass is 79.9. The first-order valence-electron chi connectivity index (χ1n) is 5.58. The van der Waals surface area contributed by atoms with Crippen LogP contribution >= 0.6 is 15.9 Å². The normalized spacial score (nSPS) is 8.94. The zero-order valence-electron chi connectivity index (χ0n) is 10.5. The number of hydrogen-bond acceptors (Lipinski definition) is 2. The minimum absolute atomic E-state index is 0.134. The molecule has 0 bridgehead atoms. The summed E-state index contributed by atoms with van der Waals surface area (Å²) < 4.78 is 13.8. The van der Waals surface area contributed by atoms with Gasteiger partial charge in [-0.1, -0.05) is 36.7 Å². The quantitative estimate of drug-likeness (QED) is 0.824. The van der Waals surface area contributed by atoms with E-state index in [2.05, 4.69) is 26.8 Å². The second-order valence-electron chi connectivity index (χ2n) is 2.98. The van der Waals surface area contributed by atoms with Crippen molar-refractivity contribution in [1.82, 2.24) is 10.9 Å². The van der Waals surface area contributed by atoms with Gasteiger partial charge in [0.25, 0.3) is 5.91 Å². The zero-order valence-corrected chi connectivity index (χ0v) is 12.1. The van der Waals surface area contributed by atoms with Crippen LogP contribution in [-0.4, -0.2) is 11.8 Å². The molecule has 4 nitrogen and oxygen atoms in total. The third-order valence-corrected chi connectivity index (χ3v) is 2.30. The van der Waals surface area contributed by atoms with Crippen molar-refractivity contribution in [3.8, 4) is 0 Å². The Balaban J connectivity index is 0.00000137. The van der Waals surface area contributed by atoms with Crippen LogP contribution in [0.4, 0.5) is 4.39 Å². The average molecular weight is 319 g/mol. The summed E-state index contributed by atoms with van der Waals surface area (Å²) in [7, 11) is 0. The van der Waals surface area contributed by atoms with Crippen LogP contribution in [0.1, 0.15) is 37.6 Å². The molecule has 0 atom stereocenters. The van der Waals surface area contributed by atoms with Gasteiger partial charge in [-0.05, 0) is 18.2 Å². The predicted molar refractivity (Wildman–Crippen MR) is 71.3 cm³/mol. The van der Waals surface area contributed by atoms with Crippen LogP contribution in [0.5, 0.6) is 0 Å². The minimum atomic E-state index is -0.694. The van der Waals surface area contributed by atoms with E-state index in [0.29, 0.717) is 4.47 Å². The lowest BCUT2D eigenvalue weighted by molar-refractivity contribution is -0.121. The van der Waals surface area contributed by atoms with E-state index in [1.165, 1.54) is 18.2 Å². The minimum Gasteiger partial charge on any atom is -0.273 e. The third kappa shape index (κ3) is 5.27. The van der Waals surface area contributed by atoms with Crippen molar-refractivity contribution in [3.05, 3.63) is 34.1 Å². The molecule has 0 saturated carbocycles. The fourth-order valence-electron chi connectivity index (χ4n) is 0.954. The van der Waals surface area contributed by atoms with Gasteiger partial charge in [0.2, 0.25) is 5.91 Å². The summed E-state index contributed by atoms with van der Waals surface area (Å²) in [4.78, 5) is 22.3. The van der Waals surface area contributed by atoms with Gasteiger partial charge in [0.15, 0.2) is 0 Å². The van der Waals surface area contributed by atoms with Gasteiger partial charge in [-0.3, -0.25) is 20.4 Å². The fourth-order valence-corrected chi connectivity index (χ4v) is 1.31. The molecule has 100 valence electrons.